The fourth-order valence-electron chi connectivity index (χ4n) is 3.35. The van der Waals surface area contributed by atoms with Crippen molar-refractivity contribution in [2.24, 2.45) is 5.92 Å². The van der Waals surface area contributed by atoms with Gasteiger partial charge in [0.05, 0.1) is 25.8 Å². The Morgan fingerprint density at radius 1 is 1.07 bits per heavy atom. The molecule has 0 spiro atoms. The number of urea groups is 1. The van der Waals surface area contributed by atoms with Gasteiger partial charge in [-0.15, -0.1) is 0 Å². The molecule has 0 aliphatic carbocycles. The van der Waals surface area contributed by atoms with Crippen molar-refractivity contribution in [2.45, 2.75) is 26.5 Å². The Hall–Kier alpha value is -3.48. The highest BCUT2D eigenvalue weighted by Crippen LogP contribution is 2.36. The van der Waals surface area contributed by atoms with Crippen LogP contribution >= 0.6 is 0 Å². The third kappa shape index (κ3) is 4.56. The molecule has 0 fully saturated rings. The number of hydrogen-bond donors (Lipinski definition) is 2. The third-order valence-corrected chi connectivity index (χ3v) is 4.84. The van der Waals surface area contributed by atoms with E-state index in [1.807, 2.05) is 44.2 Å². The van der Waals surface area contributed by atoms with Crippen LogP contribution in [-0.2, 0) is 16.1 Å². The van der Waals surface area contributed by atoms with E-state index in [0.29, 0.717) is 34.9 Å². The summed E-state index contributed by atoms with van der Waals surface area (Å²) in [5.41, 5.74) is 2.61. The molecule has 2 N–H and O–H groups in total. The van der Waals surface area contributed by atoms with Crippen molar-refractivity contribution >= 4 is 12.0 Å². The van der Waals surface area contributed by atoms with E-state index in [2.05, 4.69) is 10.6 Å². The van der Waals surface area contributed by atoms with Gasteiger partial charge in [-0.05, 0) is 29.2 Å². The predicted molar refractivity (Wildman–Crippen MR) is 112 cm³/mol. The highest BCUT2D eigenvalue weighted by Gasteiger charge is 2.34. The van der Waals surface area contributed by atoms with Gasteiger partial charge in [0.2, 0.25) is 0 Å². The average molecular weight is 410 g/mol. The Bertz CT molecular complexity index is 953. The molecule has 3 rings (SSSR count). The van der Waals surface area contributed by atoms with Gasteiger partial charge >= 0.3 is 12.0 Å². The van der Waals surface area contributed by atoms with Crippen LogP contribution in [0, 0.1) is 5.92 Å². The van der Waals surface area contributed by atoms with Crippen LogP contribution in [0.15, 0.2) is 59.8 Å². The molecule has 1 aliphatic rings. The molecule has 7 nitrogen and oxygen atoms in total. The number of carbonyl (C=O) groups excluding carboxylic acids is 2. The van der Waals surface area contributed by atoms with Gasteiger partial charge in [-0.3, -0.25) is 0 Å². The SMILES string of the molecule is COC(=O)C1=C(C(C)C)NC(=O)NC1c1ccc(OC)c(OCc2ccccc2)c1. The summed E-state index contributed by atoms with van der Waals surface area (Å²) < 4.78 is 16.4. The molecule has 0 aromatic heterocycles. The number of rotatable bonds is 7. The minimum absolute atomic E-state index is 0.0697. The number of benzene rings is 2. The maximum Gasteiger partial charge on any atom is 0.337 e. The number of hydrogen-bond acceptors (Lipinski definition) is 5. The molecule has 1 unspecified atom stereocenters. The summed E-state index contributed by atoms with van der Waals surface area (Å²) in [6.07, 6.45) is 0. The fourth-order valence-corrected chi connectivity index (χ4v) is 3.35. The standard InChI is InChI=1S/C23H26N2O5/c1-14(2)20-19(22(26)29-4)21(25-23(27)24-20)16-10-11-17(28-3)18(12-16)30-13-15-8-6-5-7-9-15/h5-12,14,21H,13H2,1-4H3,(H2,24,25,27). The first-order chi connectivity index (χ1) is 14.4. The van der Waals surface area contributed by atoms with Crippen molar-refractivity contribution in [3.8, 4) is 11.5 Å². The fraction of sp³-hybridized carbons (Fsp3) is 0.304. The van der Waals surface area contributed by atoms with Gasteiger partial charge in [0.15, 0.2) is 11.5 Å². The molecule has 30 heavy (non-hydrogen) atoms. The molecular weight excluding hydrogens is 384 g/mol. The zero-order chi connectivity index (χ0) is 21.7. The van der Waals surface area contributed by atoms with Crippen LogP contribution in [-0.4, -0.2) is 26.2 Å². The summed E-state index contributed by atoms with van der Waals surface area (Å²) in [6.45, 7) is 4.17. The van der Waals surface area contributed by atoms with Gasteiger partial charge in [-0.2, -0.15) is 0 Å². The number of esters is 1. The smallest absolute Gasteiger partial charge is 0.337 e. The van der Waals surface area contributed by atoms with Crippen molar-refractivity contribution in [3.63, 3.8) is 0 Å². The van der Waals surface area contributed by atoms with Gasteiger partial charge in [-0.1, -0.05) is 50.2 Å². The summed E-state index contributed by atoms with van der Waals surface area (Å²) in [5, 5.41) is 5.55. The lowest BCUT2D eigenvalue weighted by Gasteiger charge is -2.31. The Balaban J connectivity index is 1.99. The molecule has 7 heteroatoms. The summed E-state index contributed by atoms with van der Waals surface area (Å²) in [4.78, 5) is 24.8. The Morgan fingerprint density at radius 3 is 2.43 bits per heavy atom. The molecule has 1 heterocycles. The number of nitrogens with one attached hydrogen (secondary N) is 2. The van der Waals surface area contributed by atoms with Crippen molar-refractivity contribution in [1.29, 1.82) is 0 Å². The predicted octanol–water partition coefficient (Wildman–Crippen LogP) is 3.71. The second-order valence-electron chi connectivity index (χ2n) is 7.19. The summed E-state index contributed by atoms with van der Waals surface area (Å²) >= 11 is 0. The van der Waals surface area contributed by atoms with E-state index in [-0.39, 0.29) is 11.9 Å². The van der Waals surface area contributed by atoms with Crippen molar-refractivity contribution < 1.29 is 23.8 Å². The van der Waals surface area contributed by atoms with E-state index in [0.717, 1.165) is 5.56 Å². The molecule has 1 atom stereocenters. The summed E-state index contributed by atoms with van der Waals surface area (Å²) in [5.74, 6) is 0.503. The number of ether oxygens (including phenoxy) is 3. The highest BCUT2D eigenvalue weighted by molar-refractivity contribution is 5.95. The normalized spacial score (nSPS) is 16.0. The maximum atomic E-state index is 12.6. The van der Waals surface area contributed by atoms with Gasteiger partial charge in [0.1, 0.15) is 6.61 Å². The first-order valence-electron chi connectivity index (χ1n) is 9.69. The third-order valence-electron chi connectivity index (χ3n) is 4.84. The van der Waals surface area contributed by atoms with E-state index in [1.54, 1.807) is 25.3 Å². The Labute approximate surface area is 176 Å². The van der Waals surface area contributed by atoms with Crippen LogP contribution in [0.4, 0.5) is 4.79 Å². The lowest BCUT2D eigenvalue weighted by atomic mass is 9.91. The topological polar surface area (TPSA) is 85.9 Å². The van der Waals surface area contributed by atoms with Crippen LogP contribution < -0.4 is 20.1 Å². The number of allylic oxidation sites excluding steroid dienone is 1. The second-order valence-corrected chi connectivity index (χ2v) is 7.19. The lowest BCUT2D eigenvalue weighted by molar-refractivity contribution is -0.136. The second kappa shape index (κ2) is 9.35. The van der Waals surface area contributed by atoms with E-state index in [4.69, 9.17) is 14.2 Å². The van der Waals surface area contributed by atoms with Gasteiger partial charge < -0.3 is 24.8 Å². The summed E-state index contributed by atoms with van der Waals surface area (Å²) in [7, 11) is 2.89. The molecular formula is C23H26N2O5. The maximum absolute atomic E-state index is 12.6. The van der Waals surface area contributed by atoms with Crippen LogP contribution in [0.2, 0.25) is 0 Å². The summed E-state index contributed by atoms with van der Waals surface area (Å²) in [6, 6.07) is 14.0. The van der Waals surface area contributed by atoms with Crippen LogP contribution in [0.25, 0.3) is 0 Å². The number of amides is 2. The average Bonchev–Trinajstić information content (AvgIpc) is 2.77. The van der Waals surface area contributed by atoms with Gasteiger partial charge in [0, 0.05) is 5.70 Å². The van der Waals surface area contributed by atoms with Gasteiger partial charge in [0.25, 0.3) is 0 Å². The van der Waals surface area contributed by atoms with Crippen molar-refractivity contribution in [2.75, 3.05) is 14.2 Å². The largest absolute Gasteiger partial charge is 0.493 e. The van der Waals surface area contributed by atoms with Crippen LogP contribution in [0.3, 0.4) is 0 Å². The Morgan fingerprint density at radius 2 is 1.80 bits per heavy atom. The van der Waals surface area contributed by atoms with E-state index < -0.39 is 12.0 Å². The molecule has 1 aliphatic heterocycles. The number of methoxy groups -OCH3 is 2. The Kier molecular flexibility index (Phi) is 6.61. The quantitative estimate of drug-likeness (QED) is 0.680. The molecule has 0 saturated carbocycles. The van der Waals surface area contributed by atoms with E-state index in [1.165, 1.54) is 7.11 Å². The molecule has 158 valence electrons. The minimum atomic E-state index is -0.673. The van der Waals surface area contributed by atoms with Crippen LogP contribution in [0.1, 0.15) is 31.0 Å². The first kappa shape index (κ1) is 21.2. The van der Waals surface area contributed by atoms with E-state index >= 15 is 0 Å². The van der Waals surface area contributed by atoms with Crippen molar-refractivity contribution in [3.05, 3.63) is 70.9 Å². The highest BCUT2D eigenvalue weighted by atomic mass is 16.5. The van der Waals surface area contributed by atoms with Crippen LogP contribution in [0.5, 0.6) is 11.5 Å². The van der Waals surface area contributed by atoms with Crippen molar-refractivity contribution in [1.82, 2.24) is 10.6 Å². The van der Waals surface area contributed by atoms with Gasteiger partial charge in [-0.25, -0.2) is 9.59 Å². The molecule has 0 bridgehead atoms. The lowest BCUT2D eigenvalue weighted by Crippen LogP contribution is -2.47. The molecule has 0 radical (unpaired) electrons. The zero-order valence-corrected chi connectivity index (χ0v) is 17.5. The molecule has 2 aromatic rings. The monoisotopic (exact) mass is 410 g/mol. The van der Waals surface area contributed by atoms with E-state index in [9.17, 15) is 9.59 Å². The number of carbonyl (C=O) groups is 2. The minimum Gasteiger partial charge on any atom is -0.493 e. The first-order valence-corrected chi connectivity index (χ1v) is 9.69. The molecule has 2 amide bonds. The molecule has 0 saturated heterocycles. The molecule has 2 aromatic carbocycles. The zero-order valence-electron chi connectivity index (χ0n) is 17.5.